The van der Waals surface area contributed by atoms with Gasteiger partial charge in [0.1, 0.15) is 0 Å². The van der Waals surface area contributed by atoms with Crippen LogP contribution in [0, 0.1) is 0 Å². The number of halogens is 3. The number of allylic oxidation sites excluding steroid dienone is 3. The Morgan fingerprint density at radius 3 is 2.64 bits per heavy atom. The quantitative estimate of drug-likeness (QED) is 0.597. The highest BCUT2D eigenvalue weighted by Crippen LogP contribution is 2.33. The van der Waals surface area contributed by atoms with E-state index in [1.54, 1.807) is 4.90 Å². The average molecular weight is 457 g/mol. The summed E-state index contributed by atoms with van der Waals surface area (Å²) < 4.78 is 38.7. The Morgan fingerprint density at radius 1 is 1.21 bits per heavy atom. The molecule has 1 aromatic carbocycles. The summed E-state index contributed by atoms with van der Waals surface area (Å²) in [6.07, 6.45) is 4.13. The lowest BCUT2D eigenvalue weighted by Crippen LogP contribution is -2.53. The fourth-order valence-electron chi connectivity index (χ4n) is 4.40. The summed E-state index contributed by atoms with van der Waals surface area (Å²) in [7, 11) is 0. The molecular weight excluding hydrogens is 429 g/mol. The van der Waals surface area contributed by atoms with Crippen LogP contribution in [0.1, 0.15) is 24.5 Å². The summed E-state index contributed by atoms with van der Waals surface area (Å²) in [5.74, 6) is 0.482. The largest absolute Gasteiger partial charge is 0.416 e. The van der Waals surface area contributed by atoms with Gasteiger partial charge < -0.3 is 4.90 Å². The predicted octanol–water partition coefficient (Wildman–Crippen LogP) is 4.37. The summed E-state index contributed by atoms with van der Waals surface area (Å²) in [6.45, 7) is 9.37. The van der Waals surface area contributed by atoms with Crippen LogP contribution in [0.15, 0.2) is 77.0 Å². The molecule has 33 heavy (non-hydrogen) atoms. The van der Waals surface area contributed by atoms with E-state index in [1.807, 2.05) is 31.2 Å². The van der Waals surface area contributed by atoms with Crippen molar-refractivity contribution in [3.05, 3.63) is 83.1 Å². The summed E-state index contributed by atoms with van der Waals surface area (Å²) >= 11 is 0. The van der Waals surface area contributed by atoms with E-state index >= 15 is 0 Å². The second-order valence-corrected chi connectivity index (χ2v) is 8.28. The molecule has 0 fully saturated rings. The van der Waals surface area contributed by atoms with Crippen LogP contribution < -0.4 is 0 Å². The minimum absolute atomic E-state index is 0.121. The third-order valence-electron chi connectivity index (χ3n) is 6.08. The lowest BCUT2D eigenvalue weighted by molar-refractivity contribution is -0.137. The number of carbonyl (C=O) groups is 1. The molecule has 1 amide bonds. The van der Waals surface area contributed by atoms with Crippen molar-refractivity contribution >= 4 is 11.9 Å². The van der Waals surface area contributed by atoms with E-state index in [9.17, 15) is 18.0 Å². The summed E-state index contributed by atoms with van der Waals surface area (Å²) in [4.78, 5) is 24.0. The summed E-state index contributed by atoms with van der Waals surface area (Å²) in [5.41, 5.74) is 2.77. The Kier molecular flexibility index (Phi) is 6.56. The third kappa shape index (κ3) is 4.80. The Hall–Kier alpha value is -3.13. The van der Waals surface area contributed by atoms with Crippen LogP contribution in [-0.2, 0) is 17.5 Å². The zero-order chi connectivity index (χ0) is 23.6. The van der Waals surface area contributed by atoms with Crippen LogP contribution in [0.5, 0.6) is 0 Å². The standard InChI is InChI=1S/C25H27F3N4O/c1-3-5-6-18(4-2)15-30-13-11-22-21(17-30)23(33)32(24-29-12-14-31(22)24)16-19-7-9-20(10-8-19)25(26,27)28/h3-10H,2,11-17H2,1H3/b5-3-,18-6+. The van der Waals surface area contributed by atoms with Crippen LogP contribution in [0.2, 0.25) is 0 Å². The topological polar surface area (TPSA) is 39.2 Å². The highest BCUT2D eigenvalue weighted by atomic mass is 19.4. The first-order valence-corrected chi connectivity index (χ1v) is 11.0. The van der Waals surface area contributed by atoms with E-state index in [2.05, 4.69) is 21.4 Å². The fourth-order valence-corrected chi connectivity index (χ4v) is 4.40. The SMILES string of the molecule is C=C/C(=C\C=C/C)CN1CCC2=C(C1)C(=O)N(Cc1ccc(C(F)(F)F)cc1)C1=NCCN12. The molecule has 8 heteroatoms. The smallest absolute Gasteiger partial charge is 0.314 e. The van der Waals surface area contributed by atoms with Gasteiger partial charge in [-0.15, -0.1) is 0 Å². The molecule has 0 saturated carbocycles. The average Bonchev–Trinajstić information content (AvgIpc) is 3.29. The van der Waals surface area contributed by atoms with Crippen molar-refractivity contribution in [2.45, 2.75) is 26.1 Å². The lowest BCUT2D eigenvalue weighted by Gasteiger charge is -2.42. The Balaban J connectivity index is 1.55. The minimum Gasteiger partial charge on any atom is -0.314 e. The fraction of sp³-hybridized carbons (Fsp3) is 0.360. The number of aliphatic imine (C=N–C) groups is 1. The molecular formula is C25H27F3N4O. The van der Waals surface area contributed by atoms with Gasteiger partial charge in [-0.1, -0.05) is 43.0 Å². The van der Waals surface area contributed by atoms with Gasteiger partial charge in [-0.25, -0.2) is 0 Å². The molecule has 0 radical (unpaired) electrons. The Morgan fingerprint density at radius 2 is 1.97 bits per heavy atom. The molecule has 1 aromatic rings. The van der Waals surface area contributed by atoms with Gasteiger partial charge in [-0.3, -0.25) is 19.6 Å². The molecule has 0 atom stereocenters. The number of nitrogens with zero attached hydrogens (tertiary/aromatic N) is 4. The number of benzene rings is 1. The summed E-state index contributed by atoms with van der Waals surface area (Å²) in [6, 6.07) is 4.96. The summed E-state index contributed by atoms with van der Waals surface area (Å²) in [5, 5.41) is 0. The highest BCUT2D eigenvalue weighted by Gasteiger charge is 2.41. The van der Waals surface area contributed by atoms with Crippen molar-refractivity contribution < 1.29 is 18.0 Å². The molecule has 3 aliphatic heterocycles. The van der Waals surface area contributed by atoms with Crippen molar-refractivity contribution in [2.24, 2.45) is 4.99 Å². The van der Waals surface area contributed by atoms with Gasteiger partial charge in [0.25, 0.3) is 5.91 Å². The molecule has 3 heterocycles. The number of hydrogen-bond acceptors (Lipinski definition) is 4. The monoisotopic (exact) mass is 456 g/mol. The number of carbonyl (C=O) groups excluding carboxylic acids is 1. The first kappa shape index (κ1) is 23.0. The maximum Gasteiger partial charge on any atom is 0.416 e. The predicted molar refractivity (Wildman–Crippen MR) is 122 cm³/mol. The van der Waals surface area contributed by atoms with Gasteiger partial charge in [0.05, 0.1) is 24.2 Å². The first-order chi connectivity index (χ1) is 15.8. The highest BCUT2D eigenvalue weighted by molar-refractivity contribution is 6.09. The Bertz CT molecular complexity index is 1050. The molecule has 0 bridgehead atoms. The molecule has 0 saturated heterocycles. The van der Waals surface area contributed by atoms with E-state index in [0.717, 1.165) is 41.9 Å². The van der Waals surface area contributed by atoms with Crippen LogP contribution in [0.3, 0.4) is 0 Å². The van der Waals surface area contributed by atoms with Crippen LogP contribution in [-0.4, -0.2) is 59.3 Å². The molecule has 5 nitrogen and oxygen atoms in total. The minimum atomic E-state index is -4.39. The van der Waals surface area contributed by atoms with Crippen LogP contribution in [0.4, 0.5) is 13.2 Å². The molecule has 0 spiro atoms. The number of amides is 1. The van der Waals surface area contributed by atoms with E-state index in [-0.39, 0.29) is 12.5 Å². The number of hydrogen-bond donors (Lipinski definition) is 0. The first-order valence-electron chi connectivity index (χ1n) is 11.0. The van der Waals surface area contributed by atoms with E-state index < -0.39 is 11.7 Å². The van der Waals surface area contributed by atoms with E-state index in [4.69, 9.17) is 0 Å². The van der Waals surface area contributed by atoms with Gasteiger partial charge in [-0.05, 0) is 30.2 Å². The van der Waals surface area contributed by atoms with Crippen LogP contribution >= 0.6 is 0 Å². The second-order valence-electron chi connectivity index (χ2n) is 8.28. The maximum absolute atomic E-state index is 13.5. The number of guanidine groups is 1. The van der Waals surface area contributed by atoms with Gasteiger partial charge in [0, 0.05) is 38.3 Å². The molecule has 3 aliphatic rings. The molecule has 0 aliphatic carbocycles. The normalized spacial score (nSPS) is 19.8. The molecule has 174 valence electrons. The van der Waals surface area contributed by atoms with Crippen molar-refractivity contribution in [3.8, 4) is 0 Å². The van der Waals surface area contributed by atoms with Gasteiger partial charge in [0.15, 0.2) is 0 Å². The van der Waals surface area contributed by atoms with Gasteiger partial charge in [-0.2, -0.15) is 13.2 Å². The van der Waals surface area contributed by atoms with Crippen LogP contribution in [0.25, 0.3) is 0 Å². The Labute approximate surface area is 191 Å². The lowest BCUT2D eigenvalue weighted by atomic mass is 9.99. The number of alkyl halides is 3. The molecule has 0 N–H and O–H groups in total. The van der Waals surface area contributed by atoms with Gasteiger partial charge >= 0.3 is 6.18 Å². The van der Waals surface area contributed by atoms with E-state index in [0.29, 0.717) is 37.7 Å². The number of rotatable bonds is 6. The molecule has 4 rings (SSSR count). The van der Waals surface area contributed by atoms with Crippen molar-refractivity contribution in [2.75, 3.05) is 32.7 Å². The zero-order valence-electron chi connectivity index (χ0n) is 18.6. The molecule has 0 unspecified atom stereocenters. The third-order valence-corrected chi connectivity index (χ3v) is 6.08. The number of fused-ring (bicyclic) bond motifs is 2. The van der Waals surface area contributed by atoms with E-state index in [1.165, 1.54) is 12.1 Å². The van der Waals surface area contributed by atoms with Crippen molar-refractivity contribution in [1.29, 1.82) is 0 Å². The molecule has 0 aromatic heterocycles. The van der Waals surface area contributed by atoms with Crippen molar-refractivity contribution in [3.63, 3.8) is 0 Å². The van der Waals surface area contributed by atoms with Gasteiger partial charge in [0.2, 0.25) is 5.96 Å². The van der Waals surface area contributed by atoms with Crippen molar-refractivity contribution in [1.82, 2.24) is 14.7 Å². The zero-order valence-corrected chi connectivity index (χ0v) is 18.6. The maximum atomic E-state index is 13.5. The second kappa shape index (κ2) is 9.39.